The van der Waals surface area contributed by atoms with E-state index in [1.54, 1.807) is 30.5 Å². The zero-order valence-electron chi connectivity index (χ0n) is 14.2. The number of likely N-dealkylation sites (tertiary alicyclic amines) is 1. The van der Waals surface area contributed by atoms with E-state index < -0.39 is 0 Å². The van der Waals surface area contributed by atoms with Crippen LogP contribution in [0.25, 0.3) is 0 Å². The fourth-order valence-corrected chi connectivity index (χ4v) is 3.00. The van der Waals surface area contributed by atoms with Crippen molar-refractivity contribution in [1.29, 1.82) is 0 Å². The number of rotatable bonds is 6. The van der Waals surface area contributed by atoms with Crippen LogP contribution in [0.2, 0.25) is 0 Å². The number of piperidine rings is 1. The van der Waals surface area contributed by atoms with Crippen LogP contribution in [0.1, 0.15) is 29.6 Å². The highest BCUT2D eigenvalue weighted by Crippen LogP contribution is 2.19. The monoisotopic (exact) mass is 342 g/mol. The highest BCUT2D eigenvalue weighted by molar-refractivity contribution is 5.99. The van der Waals surface area contributed by atoms with E-state index in [4.69, 9.17) is 0 Å². The molecule has 1 fully saturated rings. The number of carbonyl (C=O) groups is 1. The zero-order valence-corrected chi connectivity index (χ0v) is 14.2. The standard InChI is InChI=1S/C19H23FN4O/c20-15-6-4-7-16(14-15)23-18-17(8-5-9-21-18)19(25)22-10-13-24-11-2-1-3-12-24/h4-9,14H,1-3,10-13H2,(H,21,23)(H,22,25). The molecule has 0 saturated carbocycles. The van der Waals surface area contributed by atoms with Crippen molar-refractivity contribution in [3.05, 3.63) is 54.0 Å². The molecule has 2 aromatic rings. The normalized spacial score (nSPS) is 14.9. The minimum absolute atomic E-state index is 0.177. The van der Waals surface area contributed by atoms with Crippen LogP contribution in [0.15, 0.2) is 42.6 Å². The quantitative estimate of drug-likeness (QED) is 0.847. The van der Waals surface area contributed by atoms with Crippen LogP contribution in [0.4, 0.5) is 15.9 Å². The van der Waals surface area contributed by atoms with Gasteiger partial charge in [-0.2, -0.15) is 0 Å². The Kier molecular flexibility index (Phi) is 5.95. The van der Waals surface area contributed by atoms with E-state index in [0.29, 0.717) is 23.6 Å². The van der Waals surface area contributed by atoms with Crippen molar-refractivity contribution in [2.75, 3.05) is 31.5 Å². The van der Waals surface area contributed by atoms with Crippen molar-refractivity contribution in [3.63, 3.8) is 0 Å². The molecule has 25 heavy (non-hydrogen) atoms. The van der Waals surface area contributed by atoms with Crippen LogP contribution in [0.5, 0.6) is 0 Å². The third-order valence-corrected chi connectivity index (χ3v) is 4.30. The molecule has 1 saturated heterocycles. The molecule has 1 aromatic carbocycles. The number of carbonyl (C=O) groups excluding carboxylic acids is 1. The van der Waals surface area contributed by atoms with E-state index in [-0.39, 0.29) is 11.7 Å². The molecule has 1 aromatic heterocycles. The predicted molar refractivity (Wildman–Crippen MR) is 96.5 cm³/mol. The maximum Gasteiger partial charge on any atom is 0.255 e. The summed E-state index contributed by atoms with van der Waals surface area (Å²) in [4.78, 5) is 19.1. The van der Waals surface area contributed by atoms with Gasteiger partial charge in [-0.05, 0) is 56.3 Å². The van der Waals surface area contributed by atoms with Gasteiger partial charge in [0, 0.05) is 25.0 Å². The Morgan fingerprint density at radius 1 is 1.16 bits per heavy atom. The molecule has 2 heterocycles. The summed E-state index contributed by atoms with van der Waals surface area (Å²) in [6.45, 7) is 3.68. The molecular weight excluding hydrogens is 319 g/mol. The highest BCUT2D eigenvalue weighted by atomic mass is 19.1. The van der Waals surface area contributed by atoms with Crippen LogP contribution in [0, 0.1) is 5.82 Å². The fraction of sp³-hybridized carbons (Fsp3) is 0.368. The summed E-state index contributed by atoms with van der Waals surface area (Å²) < 4.78 is 13.3. The van der Waals surface area contributed by atoms with Gasteiger partial charge in [-0.3, -0.25) is 4.79 Å². The maximum atomic E-state index is 13.3. The maximum absolute atomic E-state index is 13.3. The molecule has 0 atom stereocenters. The van der Waals surface area contributed by atoms with Crippen LogP contribution < -0.4 is 10.6 Å². The van der Waals surface area contributed by atoms with Crippen LogP contribution in [-0.4, -0.2) is 42.0 Å². The summed E-state index contributed by atoms with van der Waals surface area (Å²) in [6.07, 6.45) is 5.37. The Balaban J connectivity index is 1.60. The fourth-order valence-electron chi connectivity index (χ4n) is 3.00. The minimum Gasteiger partial charge on any atom is -0.351 e. The number of hydrogen-bond donors (Lipinski definition) is 2. The zero-order chi connectivity index (χ0) is 17.5. The second kappa shape index (κ2) is 8.58. The molecule has 1 aliphatic rings. The second-order valence-electron chi connectivity index (χ2n) is 6.19. The molecule has 0 radical (unpaired) electrons. The van der Waals surface area contributed by atoms with Crippen molar-refractivity contribution < 1.29 is 9.18 Å². The number of aromatic nitrogens is 1. The number of amides is 1. The van der Waals surface area contributed by atoms with E-state index in [1.165, 1.54) is 31.4 Å². The van der Waals surface area contributed by atoms with Gasteiger partial charge in [-0.25, -0.2) is 9.37 Å². The number of pyridine rings is 1. The molecule has 0 bridgehead atoms. The summed E-state index contributed by atoms with van der Waals surface area (Å²) in [7, 11) is 0. The lowest BCUT2D eigenvalue weighted by atomic mass is 10.1. The average molecular weight is 342 g/mol. The summed E-state index contributed by atoms with van der Waals surface area (Å²) in [5.41, 5.74) is 1.01. The molecule has 132 valence electrons. The number of halogens is 1. The summed E-state index contributed by atoms with van der Waals surface area (Å²) in [6, 6.07) is 9.51. The van der Waals surface area contributed by atoms with E-state index >= 15 is 0 Å². The van der Waals surface area contributed by atoms with Gasteiger partial charge < -0.3 is 15.5 Å². The van der Waals surface area contributed by atoms with E-state index in [1.807, 2.05) is 0 Å². The molecule has 1 amide bonds. The lowest BCUT2D eigenvalue weighted by Gasteiger charge is -2.26. The Hall–Kier alpha value is -2.47. The van der Waals surface area contributed by atoms with Crippen molar-refractivity contribution in [3.8, 4) is 0 Å². The lowest BCUT2D eigenvalue weighted by Crippen LogP contribution is -2.37. The van der Waals surface area contributed by atoms with Gasteiger partial charge in [-0.15, -0.1) is 0 Å². The lowest BCUT2D eigenvalue weighted by molar-refractivity contribution is 0.0947. The smallest absolute Gasteiger partial charge is 0.255 e. The average Bonchev–Trinajstić information content (AvgIpc) is 2.63. The first-order chi connectivity index (χ1) is 12.2. The van der Waals surface area contributed by atoms with Gasteiger partial charge in [-0.1, -0.05) is 12.5 Å². The summed E-state index contributed by atoms with van der Waals surface area (Å²) in [5, 5.41) is 5.96. The molecule has 0 spiro atoms. The van der Waals surface area contributed by atoms with E-state index in [2.05, 4.69) is 20.5 Å². The third-order valence-electron chi connectivity index (χ3n) is 4.30. The van der Waals surface area contributed by atoms with Gasteiger partial charge in [0.05, 0.1) is 5.56 Å². The first kappa shape index (κ1) is 17.4. The third kappa shape index (κ3) is 5.00. The summed E-state index contributed by atoms with van der Waals surface area (Å²) in [5.74, 6) is -0.0963. The molecule has 6 heteroatoms. The number of nitrogens with zero attached hydrogens (tertiary/aromatic N) is 2. The Labute approximate surface area is 147 Å². The van der Waals surface area contributed by atoms with Crippen LogP contribution in [-0.2, 0) is 0 Å². The SMILES string of the molecule is O=C(NCCN1CCCCC1)c1cccnc1Nc1cccc(F)c1. The van der Waals surface area contributed by atoms with Crippen molar-refractivity contribution in [2.45, 2.75) is 19.3 Å². The first-order valence-corrected chi connectivity index (χ1v) is 8.70. The molecule has 3 rings (SSSR count). The molecule has 0 aliphatic carbocycles. The molecule has 5 nitrogen and oxygen atoms in total. The molecule has 0 unspecified atom stereocenters. The largest absolute Gasteiger partial charge is 0.351 e. The van der Waals surface area contributed by atoms with Crippen molar-refractivity contribution in [2.24, 2.45) is 0 Å². The molecule has 1 aliphatic heterocycles. The minimum atomic E-state index is -0.339. The Bertz CT molecular complexity index is 716. The van der Waals surface area contributed by atoms with Gasteiger partial charge in [0.25, 0.3) is 5.91 Å². The Morgan fingerprint density at radius 2 is 2.00 bits per heavy atom. The van der Waals surface area contributed by atoms with Crippen LogP contribution >= 0.6 is 0 Å². The predicted octanol–water partition coefficient (Wildman–Crippen LogP) is 3.18. The number of benzene rings is 1. The van der Waals surface area contributed by atoms with Gasteiger partial charge in [0.15, 0.2) is 0 Å². The van der Waals surface area contributed by atoms with E-state index in [0.717, 1.165) is 19.6 Å². The first-order valence-electron chi connectivity index (χ1n) is 8.70. The number of anilines is 2. The van der Waals surface area contributed by atoms with Gasteiger partial charge in [0.1, 0.15) is 11.6 Å². The molecular formula is C19H23FN4O. The topological polar surface area (TPSA) is 57.3 Å². The number of nitrogens with one attached hydrogen (secondary N) is 2. The highest BCUT2D eigenvalue weighted by Gasteiger charge is 2.14. The second-order valence-corrected chi connectivity index (χ2v) is 6.19. The molecule has 2 N–H and O–H groups in total. The van der Waals surface area contributed by atoms with E-state index in [9.17, 15) is 9.18 Å². The summed E-state index contributed by atoms with van der Waals surface area (Å²) >= 11 is 0. The van der Waals surface area contributed by atoms with Gasteiger partial charge >= 0.3 is 0 Å². The van der Waals surface area contributed by atoms with Gasteiger partial charge in [0.2, 0.25) is 0 Å². The van der Waals surface area contributed by atoms with Crippen molar-refractivity contribution >= 4 is 17.4 Å². The number of hydrogen-bond acceptors (Lipinski definition) is 4. The van der Waals surface area contributed by atoms with Crippen LogP contribution in [0.3, 0.4) is 0 Å². The van der Waals surface area contributed by atoms with Crippen molar-refractivity contribution in [1.82, 2.24) is 15.2 Å². The Morgan fingerprint density at radius 3 is 2.80 bits per heavy atom.